The van der Waals surface area contributed by atoms with E-state index in [0.717, 1.165) is 13.1 Å². The molecule has 0 aromatic carbocycles. The molecule has 0 spiro atoms. The van der Waals surface area contributed by atoms with Gasteiger partial charge in [0.1, 0.15) is 6.42 Å². The highest BCUT2D eigenvalue weighted by molar-refractivity contribution is 5.85. The van der Waals surface area contributed by atoms with E-state index in [-0.39, 0.29) is 12.4 Å². The Morgan fingerprint density at radius 1 is 1.38 bits per heavy atom. The van der Waals surface area contributed by atoms with Crippen LogP contribution in [0.25, 0.3) is 0 Å². The Morgan fingerprint density at radius 2 is 1.88 bits per heavy atom. The summed E-state index contributed by atoms with van der Waals surface area (Å²) in [5.74, 6) is -0.938. The van der Waals surface area contributed by atoms with Gasteiger partial charge in [0.2, 0.25) is 5.91 Å². The van der Waals surface area contributed by atoms with Gasteiger partial charge in [-0.3, -0.25) is 4.79 Å². The van der Waals surface area contributed by atoms with E-state index in [1.54, 1.807) is 6.92 Å². The van der Waals surface area contributed by atoms with Crippen molar-refractivity contribution in [2.45, 2.75) is 37.9 Å². The molecule has 3 nitrogen and oxygen atoms in total. The lowest BCUT2D eigenvalue weighted by Gasteiger charge is -2.35. The molecule has 1 aliphatic rings. The number of amides is 1. The number of hydrogen-bond acceptors (Lipinski definition) is 2. The summed E-state index contributed by atoms with van der Waals surface area (Å²) in [5.41, 5.74) is -0.492. The molecule has 1 rings (SSSR count). The van der Waals surface area contributed by atoms with Gasteiger partial charge in [0.25, 0.3) is 0 Å². The van der Waals surface area contributed by atoms with Crippen molar-refractivity contribution in [2.75, 3.05) is 13.1 Å². The van der Waals surface area contributed by atoms with Crippen LogP contribution in [0.1, 0.15) is 26.2 Å². The normalized spacial score (nSPS) is 19.8. The molecule has 16 heavy (non-hydrogen) atoms. The molecular weight excluding hydrogens is 245 g/mol. The number of rotatable bonds is 2. The zero-order valence-electron chi connectivity index (χ0n) is 8.99. The van der Waals surface area contributed by atoms with Crippen LogP contribution < -0.4 is 10.6 Å². The van der Waals surface area contributed by atoms with Crippen molar-refractivity contribution >= 4 is 18.3 Å². The van der Waals surface area contributed by atoms with Crippen LogP contribution in [-0.2, 0) is 4.79 Å². The molecule has 0 bridgehead atoms. The molecule has 0 aromatic heterocycles. The number of carbonyl (C=O) groups is 1. The van der Waals surface area contributed by atoms with Crippen molar-refractivity contribution < 1.29 is 18.0 Å². The van der Waals surface area contributed by atoms with Gasteiger partial charge >= 0.3 is 6.18 Å². The maximum absolute atomic E-state index is 11.9. The topological polar surface area (TPSA) is 41.1 Å². The van der Waals surface area contributed by atoms with E-state index in [1.807, 2.05) is 0 Å². The van der Waals surface area contributed by atoms with Crippen molar-refractivity contribution in [1.29, 1.82) is 0 Å². The average Bonchev–Trinajstić information content (AvgIpc) is 1.99. The highest BCUT2D eigenvalue weighted by atomic mass is 35.5. The average molecular weight is 261 g/mol. The van der Waals surface area contributed by atoms with Gasteiger partial charge in [0.15, 0.2) is 0 Å². The Labute approximate surface area is 98.6 Å². The standard InChI is InChI=1S/C9H15F3N2O.ClH/c1-8(2-4-13-5-3-8)14-7(15)6-9(10,11)12;/h13H,2-6H2,1H3,(H,14,15);1H. The second kappa shape index (κ2) is 5.72. The number of hydrogen-bond donors (Lipinski definition) is 2. The second-order valence-electron chi connectivity index (χ2n) is 4.15. The highest BCUT2D eigenvalue weighted by Gasteiger charge is 2.35. The first-order valence-electron chi connectivity index (χ1n) is 4.89. The maximum Gasteiger partial charge on any atom is 0.397 e. The molecule has 0 radical (unpaired) electrons. The highest BCUT2D eigenvalue weighted by Crippen LogP contribution is 2.22. The molecule has 1 aliphatic heterocycles. The summed E-state index contributed by atoms with van der Waals surface area (Å²) in [6.45, 7) is 3.23. The Hall–Kier alpha value is -0.490. The van der Waals surface area contributed by atoms with Crippen LogP contribution in [0.3, 0.4) is 0 Å². The van der Waals surface area contributed by atoms with Crippen LogP contribution >= 0.6 is 12.4 Å². The van der Waals surface area contributed by atoms with E-state index in [0.29, 0.717) is 12.8 Å². The quantitative estimate of drug-likeness (QED) is 0.792. The molecule has 0 unspecified atom stereocenters. The molecule has 1 saturated heterocycles. The number of piperidine rings is 1. The van der Waals surface area contributed by atoms with Crippen molar-refractivity contribution in [2.24, 2.45) is 0 Å². The van der Waals surface area contributed by atoms with Crippen LogP contribution in [-0.4, -0.2) is 30.7 Å². The van der Waals surface area contributed by atoms with Crippen LogP contribution in [0.5, 0.6) is 0 Å². The fourth-order valence-corrected chi connectivity index (χ4v) is 1.67. The van der Waals surface area contributed by atoms with E-state index in [2.05, 4.69) is 10.6 Å². The third-order valence-electron chi connectivity index (χ3n) is 2.51. The summed E-state index contributed by atoms with van der Waals surface area (Å²) in [6.07, 6.45) is -4.49. The van der Waals surface area contributed by atoms with Crippen LogP contribution in [0.2, 0.25) is 0 Å². The fraction of sp³-hybridized carbons (Fsp3) is 0.889. The summed E-state index contributed by atoms with van der Waals surface area (Å²) >= 11 is 0. The van der Waals surface area contributed by atoms with Crippen molar-refractivity contribution in [3.63, 3.8) is 0 Å². The molecule has 96 valence electrons. The van der Waals surface area contributed by atoms with E-state index < -0.39 is 24.0 Å². The molecule has 1 amide bonds. The summed E-state index contributed by atoms with van der Waals surface area (Å²) in [5, 5.41) is 5.54. The van der Waals surface area contributed by atoms with Crippen molar-refractivity contribution in [1.82, 2.24) is 10.6 Å². The van der Waals surface area contributed by atoms with E-state index in [1.165, 1.54) is 0 Å². The summed E-state index contributed by atoms with van der Waals surface area (Å²) in [6, 6.07) is 0. The molecular formula is C9H16ClF3N2O. The van der Waals surface area contributed by atoms with Gasteiger partial charge in [-0.15, -0.1) is 12.4 Å². The Bertz CT molecular complexity index is 239. The molecule has 0 aliphatic carbocycles. The summed E-state index contributed by atoms with van der Waals surface area (Å²) in [4.78, 5) is 11.1. The first-order valence-corrected chi connectivity index (χ1v) is 4.89. The lowest BCUT2D eigenvalue weighted by molar-refractivity contribution is -0.155. The molecule has 0 aromatic rings. The van der Waals surface area contributed by atoms with Gasteiger partial charge in [-0.05, 0) is 32.9 Å². The number of nitrogens with one attached hydrogen (secondary N) is 2. The molecule has 1 fully saturated rings. The Balaban J connectivity index is 0.00000225. The maximum atomic E-state index is 11.9. The summed E-state index contributed by atoms with van der Waals surface area (Å²) < 4.78 is 35.7. The number of alkyl halides is 3. The molecule has 0 atom stereocenters. The van der Waals surface area contributed by atoms with Gasteiger partial charge in [0.05, 0.1) is 0 Å². The van der Waals surface area contributed by atoms with E-state index in [9.17, 15) is 18.0 Å². The van der Waals surface area contributed by atoms with Crippen LogP contribution in [0, 0.1) is 0 Å². The zero-order chi connectivity index (χ0) is 11.5. The fourth-order valence-electron chi connectivity index (χ4n) is 1.67. The first kappa shape index (κ1) is 15.5. The lowest BCUT2D eigenvalue weighted by Crippen LogP contribution is -2.52. The van der Waals surface area contributed by atoms with Gasteiger partial charge in [-0.25, -0.2) is 0 Å². The van der Waals surface area contributed by atoms with Crippen molar-refractivity contribution in [3.05, 3.63) is 0 Å². The van der Waals surface area contributed by atoms with E-state index in [4.69, 9.17) is 0 Å². The minimum Gasteiger partial charge on any atom is -0.351 e. The number of carbonyl (C=O) groups excluding carboxylic acids is 1. The molecule has 1 heterocycles. The smallest absolute Gasteiger partial charge is 0.351 e. The monoisotopic (exact) mass is 260 g/mol. The minimum atomic E-state index is -4.42. The van der Waals surface area contributed by atoms with Gasteiger partial charge < -0.3 is 10.6 Å². The van der Waals surface area contributed by atoms with Gasteiger partial charge in [-0.1, -0.05) is 0 Å². The number of halogens is 4. The Kier molecular flexibility index (Phi) is 5.55. The van der Waals surface area contributed by atoms with Crippen LogP contribution in [0.4, 0.5) is 13.2 Å². The Morgan fingerprint density at radius 3 is 2.31 bits per heavy atom. The summed E-state index contributed by atoms with van der Waals surface area (Å²) in [7, 11) is 0. The predicted molar refractivity (Wildman–Crippen MR) is 56.6 cm³/mol. The first-order chi connectivity index (χ1) is 6.81. The predicted octanol–water partition coefficient (Wildman–Crippen LogP) is 1.62. The third kappa shape index (κ3) is 5.55. The molecule has 2 N–H and O–H groups in total. The van der Waals surface area contributed by atoms with E-state index >= 15 is 0 Å². The second-order valence-corrected chi connectivity index (χ2v) is 4.15. The SMILES string of the molecule is CC1(NC(=O)CC(F)(F)F)CCNCC1.Cl. The molecule has 0 saturated carbocycles. The van der Waals surface area contributed by atoms with Crippen LogP contribution in [0.15, 0.2) is 0 Å². The largest absolute Gasteiger partial charge is 0.397 e. The third-order valence-corrected chi connectivity index (χ3v) is 2.51. The minimum absolute atomic E-state index is 0. The zero-order valence-corrected chi connectivity index (χ0v) is 9.80. The van der Waals surface area contributed by atoms with Crippen molar-refractivity contribution in [3.8, 4) is 0 Å². The lowest BCUT2D eigenvalue weighted by atomic mass is 9.90. The van der Waals surface area contributed by atoms with Gasteiger partial charge in [-0.2, -0.15) is 13.2 Å². The molecule has 7 heteroatoms. The van der Waals surface area contributed by atoms with Gasteiger partial charge in [0, 0.05) is 5.54 Å².